The Kier molecular flexibility index (Phi) is 43.9. The number of carbonyl (C=O) groups is 1. The third-order valence-electron chi connectivity index (χ3n) is 10.5. The zero-order valence-corrected chi connectivity index (χ0v) is 36.0. The Morgan fingerprint density at radius 3 is 1.30 bits per heavy atom. The zero-order valence-electron chi connectivity index (χ0n) is 36.0. The van der Waals surface area contributed by atoms with Crippen molar-refractivity contribution in [2.75, 3.05) is 6.61 Å². The molecule has 2 unspecified atom stereocenters. The van der Waals surface area contributed by atoms with Gasteiger partial charge >= 0.3 is 0 Å². The van der Waals surface area contributed by atoms with Crippen LogP contribution in [0.5, 0.6) is 0 Å². The number of carbonyl (C=O) groups excluding carboxylic acids is 1. The summed E-state index contributed by atoms with van der Waals surface area (Å²) in [5.41, 5.74) is 0. The van der Waals surface area contributed by atoms with Crippen molar-refractivity contribution in [3.8, 4) is 0 Å². The molecule has 0 saturated heterocycles. The molecule has 0 heterocycles. The molecule has 2 atom stereocenters. The van der Waals surface area contributed by atoms with Crippen molar-refractivity contribution in [2.24, 2.45) is 0 Å². The van der Waals surface area contributed by atoms with Crippen molar-refractivity contribution < 1.29 is 15.0 Å². The number of aliphatic hydroxyl groups is 2. The van der Waals surface area contributed by atoms with Crippen molar-refractivity contribution in [3.05, 3.63) is 60.8 Å². The summed E-state index contributed by atoms with van der Waals surface area (Å²) < 4.78 is 0. The number of nitrogens with one attached hydrogen (secondary N) is 1. The molecule has 0 aliphatic heterocycles. The van der Waals surface area contributed by atoms with Gasteiger partial charge in [0.25, 0.3) is 0 Å². The van der Waals surface area contributed by atoms with E-state index in [1.54, 1.807) is 6.08 Å². The second kappa shape index (κ2) is 45.5. The summed E-state index contributed by atoms with van der Waals surface area (Å²) in [6, 6.07) is -0.647. The summed E-state index contributed by atoms with van der Waals surface area (Å²) in [6.45, 7) is 4.19. The molecule has 3 N–H and O–H groups in total. The fourth-order valence-electron chi connectivity index (χ4n) is 6.91. The summed E-state index contributed by atoms with van der Waals surface area (Å²) in [5.74, 6) is -0.0849. The number of amides is 1. The van der Waals surface area contributed by atoms with Gasteiger partial charge in [-0.15, -0.1) is 0 Å². The Hall–Kier alpha value is -1.91. The fraction of sp³-hybridized carbons (Fsp3) is 0.780. The van der Waals surface area contributed by atoms with Crippen molar-refractivity contribution in [2.45, 2.75) is 244 Å². The first-order chi connectivity index (χ1) is 26.7. The third kappa shape index (κ3) is 41.3. The van der Waals surface area contributed by atoms with Crippen molar-refractivity contribution in [1.82, 2.24) is 5.32 Å². The Morgan fingerprint density at radius 1 is 0.463 bits per heavy atom. The number of hydrogen-bond acceptors (Lipinski definition) is 3. The van der Waals surface area contributed by atoms with Gasteiger partial charge in [0, 0.05) is 6.42 Å². The lowest BCUT2D eigenvalue weighted by atomic mass is 10.0. The van der Waals surface area contributed by atoms with E-state index < -0.39 is 12.1 Å². The lowest BCUT2D eigenvalue weighted by molar-refractivity contribution is -0.123. The molecular formula is C50H91NO3. The molecule has 0 aromatic heterocycles. The summed E-state index contributed by atoms with van der Waals surface area (Å²) in [7, 11) is 0. The average Bonchev–Trinajstić information content (AvgIpc) is 3.18. The number of unbranched alkanes of at least 4 members (excludes halogenated alkanes) is 27. The van der Waals surface area contributed by atoms with Crippen LogP contribution < -0.4 is 5.32 Å². The highest BCUT2D eigenvalue weighted by atomic mass is 16.3. The van der Waals surface area contributed by atoms with E-state index >= 15 is 0 Å². The minimum atomic E-state index is -0.869. The molecule has 0 rings (SSSR count). The van der Waals surface area contributed by atoms with Gasteiger partial charge in [0.1, 0.15) is 0 Å². The number of rotatable bonds is 42. The van der Waals surface area contributed by atoms with Crippen molar-refractivity contribution >= 4 is 5.91 Å². The smallest absolute Gasteiger partial charge is 0.220 e. The van der Waals surface area contributed by atoms with Crippen LogP contribution in [0.25, 0.3) is 0 Å². The van der Waals surface area contributed by atoms with E-state index in [4.69, 9.17) is 0 Å². The first-order valence-electron chi connectivity index (χ1n) is 23.5. The number of aliphatic hydroxyl groups excluding tert-OH is 2. The van der Waals surface area contributed by atoms with Crippen LogP contribution >= 0.6 is 0 Å². The van der Waals surface area contributed by atoms with Crippen LogP contribution in [0.1, 0.15) is 232 Å². The minimum absolute atomic E-state index is 0.0849. The van der Waals surface area contributed by atoms with Gasteiger partial charge in [0.15, 0.2) is 0 Å². The van der Waals surface area contributed by atoms with Gasteiger partial charge in [-0.3, -0.25) is 4.79 Å². The maximum absolute atomic E-state index is 12.4. The van der Waals surface area contributed by atoms with Gasteiger partial charge in [-0.2, -0.15) is 0 Å². The molecule has 4 heteroatoms. The number of hydrogen-bond donors (Lipinski definition) is 3. The minimum Gasteiger partial charge on any atom is -0.394 e. The predicted molar refractivity (Wildman–Crippen MR) is 239 cm³/mol. The summed E-state index contributed by atoms with van der Waals surface area (Å²) >= 11 is 0. The summed E-state index contributed by atoms with van der Waals surface area (Å²) in [6.07, 6.45) is 63.5. The quantitative estimate of drug-likeness (QED) is 0.0429. The van der Waals surface area contributed by atoms with Crippen molar-refractivity contribution in [1.29, 1.82) is 0 Å². The van der Waals surface area contributed by atoms with Gasteiger partial charge in [0.05, 0.1) is 18.8 Å². The Balaban J connectivity index is 3.59. The molecule has 0 radical (unpaired) electrons. The van der Waals surface area contributed by atoms with E-state index in [-0.39, 0.29) is 12.5 Å². The van der Waals surface area contributed by atoms with E-state index in [0.717, 1.165) is 64.2 Å². The standard InChI is InChI=1S/C50H91NO3/c1-3-5-7-9-11-13-15-17-19-21-22-23-24-25-26-27-28-30-31-33-35-37-39-41-43-45-49(53)48(47-52)51-50(54)46-44-42-40-38-36-34-32-29-20-18-16-14-12-10-8-6-4-2/h6,8,12,14,18,20,35,37,43,45,48-49,52-53H,3-5,7,9-11,13,15-17,19,21-34,36,38-42,44,46-47H2,1-2H3,(H,51,54)/b8-6-,14-12-,20-18-,37-35+,45-43+. The molecule has 0 spiro atoms. The van der Waals surface area contributed by atoms with E-state index in [1.807, 2.05) is 6.08 Å². The van der Waals surface area contributed by atoms with Crippen LogP contribution in [0.3, 0.4) is 0 Å². The second-order valence-electron chi connectivity index (χ2n) is 15.8. The van der Waals surface area contributed by atoms with Gasteiger partial charge < -0.3 is 15.5 Å². The predicted octanol–water partition coefficient (Wildman–Crippen LogP) is 14.9. The van der Waals surface area contributed by atoms with Crippen LogP contribution in [-0.2, 0) is 4.79 Å². The maximum atomic E-state index is 12.4. The zero-order chi connectivity index (χ0) is 39.3. The molecule has 4 nitrogen and oxygen atoms in total. The summed E-state index contributed by atoms with van der Waals surface area (Å²) in [4.78, 5) is 12.4. The first-order valence-corrected chi connectivity index (χ1v) is 23.5. The molecule has 0 aromatic carbocycles. The summed E-state index contributed by atoms with van der Waals surface area (Å²) in [5, 5.41) is 23.0. The van der Waals surface area contributed by atoms with Crippen LogP contribution in [-0.4, -0.2) is 34.9 Å². The molecule has 314 valence electrons. The monoisotopic (exact) mass is 754 g/mol. The van der Waals surface area contributed by atoms with Crippen LogP contribution in [0, 0.1) is 0 Å². The Labute approximate surface area is 336 Å². The number of allylic oxidation sites excluding steroid dienone is 9. The van der Waals surface area contributed by atoms with E-state index in [1.165, 1.54) is 148 Å². The highest BCUT2D eigenvalue weighted by Crippen LogP contribution is 2.15. The highest BCUT2D eigenvalue weighted by Gasteiger charge is 2.17. The normalized spacial score (nSPS) is 13.5. The molecule has 0 aliphatic carbocycles. The van der Waals surface area contributed by atoms with Gasteiger partial charge in [0.2, 0.25) is 5.91 Å². The molecule has 0 fully saturated rings. The Bertz CT molecular complexity index is 904. The van der Waals surface area contributed by atoms with E-state index in [9.17, 15) is 15.0 Å². The third-order valence-corrected chi connectivity index (χ3v) is 10.5. The van der Waals surface area contributed by atoms with Crippen molar-refractivity contribution in [3.63, 3.8) is 0 Å². The second-order valence-corrected chi connectivity index (χ2v) is 15.8. The molecule has 0 aromatic rings. The van der Waals surface area contributed by atoms with Crippen LogP contribution in [0.15, 0.2) is 60.8 Å². The average molecular weight is 754 g/mol. The lowest BCUT2D eigenvalue weighted by Gasteiger charge is -2.19. The fourth-order valence-corrected chi connectivity index (χ4v) is 6.91. The topological polar surface area (TPSA) is 69.6 Å². The SMILES string of the molecule is CC/C=C\C/C=C\C/C=C\CCCCCCCCCC(=O)NC(CO)C(O)/C=C/CC/C=C/CCCCCCCCCCCCCCCCCCCCC. The molecule has 54 heavy (non-hydrogen) atoms. The van der Waals surface area contributed by atoms with Crippen LogP contribution in [0.4, 0.5) is 0 Å². The molecule has 1 amide bonds. The van der Waals surface area contributed by atoms with Gasteiger partial charge in [-0.05, 0) is 64.2 Å². The lowest BCUT2D eigenvalue weighted by Crippen LogP contribution is -2.45. The molecule has 0 bridgehead atoms. The maximum Gasteiger partial charge on any atom is 0.220 e. The molecule has 0 aliphatic rings. The first kappa shape index (κ1) is 52.1. The molecule has 0 saturated carbocycles. The van der Waals surface area contributed by atoms with Crippen LogP contribution in [0.2, 0.25) is 0 Å². The molecular weight excluding hydrogens is 663 g/mol. The van der Waals surface area contributed by atoms with Gasteiger partial charge in [-0.1, -0.05) is 222 Å². The highest BCUT2D eigenvalue weighted by molar-refractivity contribution is 5.76. The largest absolute Gasteiger partial charge is 0.394 e. The van der Waals surface area contributed by atoms with E-state index in [0.29, 0.717) is 6.42 Å². The van der Waals surface area contributed by atoms with E-state index in [2.05, 4.69) is 67.8 Å². The van der Waals surface area contributed by atoms with Gasteiger partial charge in [-0.25, -0.2) is 0 Å². The Morgan fingerprint density at radius 2 is 0.833 bits per heavy atom.